The minimum absolute atomic E-state index is 0. The van der Waals surface area contributed by atoms with Crippen LogP contribution in [-0.4, -0.2) is 19.6 Å². The molecule has 10 rings (SSSR count). The maximum atomic E-state index is 12.5. The van der Waals surface area contributed by atoms with Crippen LogP contribution in [0.15, 0.2) is 168 Å². The van der Waals surface area contributed by atoms with Gasteiger partial charge >= 0.3 is 0 Å². The van der Waals surface area contributed by atoms with Crippen molar-refractivity contribution in [3.8, 4) is 56.3 Å². The summed E-state index contributed by atoms with van der Waals surface area (Å²) < 4.78 is 8.83. The second kappa shape index (κ2) is 16.5. The van der Waals surface area contributed by atoms with E-state index in [1.54, 1.807) is 0 Å². The van der Waals surface area contributed by atoms with Gasteiger partial charge in [0.1, 0.15) is 22.7 Å². The number of imidazole rings is 1. The molecule has 0 aliphatic rings. The summed E-state index contributed by atoms with van der Waals surface area (Å²) in [5, 5.41) is 14.6. The second-order valence-electron chi connectivity index (χ2n) is 19.6. The van der Waals surface area contributed by atoms with Gasteiger partial charge in [0, 0.05) is 60.3 Å². The minimum atomic E-state index is -0.392. The van der Waals surface area contributed by atoms with Crippen LogP contribution in [0.1, 0.15) is 77.6 Å². The van der Waals surface area contributed by atoms with Gasteiger partial charge in [-0.15, -0.1) is 29.3 Å². The van der Waals surface area contributed by atoms with E-state index in [1.807, 2.05) is 36.5 Å². The van der Waals surface area contributed by atoms with Crippen molar-refractivity contribution in [3.63, 3.8) is 0 Å². The molecule has 65 heavy (non-hydrogen) atoms. The van der Waals surface area contributed by atoms with Crippen LogP contribution in [0.4, 0.5) is 0 Å². The summed E-state index contributed by atoms with van der Waals surface area (Å²) in [6.45, 7) is 17.7. The van der Waals surface area contributed by atoms with Crippen LogP contribution in [-0.2, 0) is 37.3 Å². The van der Waals surface area contributed by atoms with Gasteiger partial charge < -0.3 is 9.52 Å². The summed E-state index contributed by atoms with van der Waals surface area (Å²) in [6.07, 6.45) is 1.87. The molecule has 1 N–H and O–H groups in total. The summed E-state index contributed by atoms with van der Waals surface area (Å²) in [7, 11) is 0. The number of phenolic OH excluding ortho intramolecular Hbond substituents is 1. The van der Waals surface area contributed by atoms with E-state index < -0.39 is 5.41 Å². The third kappa shape index (κ3) is 7.70. The molecule has 0 aliphatic carbocycles. The number of aromatic hydroxyl groups is 1. The summed E-state index contributed by atoms with van der Waals surface area (Å²) in [5.41, 5.74) is 13.8. The topological polar surface area (TPSA) is 64.1 Å². The third-order valence-corrected chi connectivity index (χ3v) is 12.9. The first kappa shape index (κ1) is 43.7. The zero-order chi connectivity index (χ0) is 44.5. The summed E-state index contributed by atoms with van der Waals surface area (Å²) in [5.74, 6) is 0.899. The van der Waals surface area contributed by atoms with E-state index in [0.29, 0.717) is 11.4 Å². The number of rotatable bonds is 7. The molecule has 6 heteroatoms. The van der Waals surface area contributed by atoms with Gasteiger partial charge in [-0.3, -0.25) is 9.55 Å². The zero-order valence-corrected chi connectivity index (χ0v) is 40.4. The third-order valence-electron chi connectivity index (χ3n) is 12.9. The molecule has 10 aromatic rings. The number of hydrogen-bond donors (Lipinski definition) is 1. The Morgan fingerprint density at radius 2 is 1.23 bits per heavy atom. The van der Waals surface area contributed by atoms with Crippen molar-refractivity contribution in [2.24, 2.45) is 0 Å². The first-order chi connectivity index (χ1) is 30.7. The Balaban J connectivity index is 0.00000533. The smallest absolute Gasteiger partial charge is 0.148 e. The maximum Gasteiger partial charge on any atom is 0.148 e. The van der Waals surface area contributed by atoms with Crippen molar-refractivity contribution in [3.05, 3.63) is 192 Å². The summed E-state index contributed by atoms with van der Waals surface area (Å²) >= 11 is 0. The monoisotopic (exact) mass is 1030 g/mol. The first-order valence-corrected chi connectivity index (χ1v) is 22.1. The number of hydrogen-bond acceptors (Lipinski definition) is 4. The van der Waals surface area contributed by atoms with Crippen molar-refractivity contribution in [1.82, 2.24) is 14.5 Å². The molecule has 0 bridgehead atoms. The van der Waals surface area contributed by atoms with Crippen molar-refractivity contribution in [2.75, 3.05) is 0 Å². The molecule has 0 saturated heterocycles. The second-order valence-corrected chi connectivity index (χ2v) is 19.6. The van der Waals surface area contributed by atoms with Gasteiger partial charge in [0.05, 0.1) is 22.3 Å². The summed E-state index contributed by atoms with van der Waals surface area (Å²) in [6, 6.07) is 58.8. The number of para-hydroxylation sites is 3. The normalized spacial score (nSPS) is 12.2. The fraction of sp³-hybridized carbons (Fsp3) is 0.186. The molecule has 5 nitrogen and oxygen atoms in total. The fourth-order valence-electron chi connectivity index (χ4n) is 9.15. The van der Waals surface area contributed by atoms with E-state index in [2.05, 4.69) is 193 Å². The Labute approximate surface area is 396 Å². The number of furan rings is 1. The van der Waals surface area contributed by atoms with Crippen molar-refractivity contribution >= 4 is 33.0 Å². The molecule has 0 aliphatic heterocycles. The Kier molecular flexibility index (Phi) is 11.1. The van der Waals surface area contributed by atoms with Gasteiger partial charge in [0.2, 0.25) is 0 Å². The standard InChI is InChI=1S/C59H52N3O2.Pt/c1-57(2,3)41-35-47(54(63)48(36-41)58(4,5)6)56-61-53-44(26-19-28-50(53)62(56)49-27-17-15-24-43(49)37-20-11-9-12-21-37)38-32-39(34-42(33-38)59(7,8)40-22-13-10-14-23-40)52-55-46(30-31-60-52)45-25-16-18-29-51(45)64-55;/h9-31,33-36,63H,1-8H3;/q-1;. The molecule has 0 radical (unpaired) electrons. The molecule has 0 saturated carbocycles. The van der Waals surface area contributed by atoms with Gasteiger partial charge in [-0.05, 0) is 57.9 Å². The molecule has 7 aromatic carbocycles. The zero-order valence-electron chi connectivity index (χ0n) is 38.1. The van der Waals surface area contributed by atoms with Gasteiger partial charge in [0.25, 0.3) is 0 Å². The number of aromatic nitrogens is 3. The van der Waals surface area contributed by atoms with E-state index in [-0.39, 0.29) is 37.6 Å². The Hall–Kier alpha value is -6.55. The number of pyridine rings is 1. The van der Waals surface area contributed by atoms with Crippen molar-refractivity contribution in [1.29, 1.82) is 0 Å². The molecular weight excluding hydrogens is 978 g/mol. The predicted molar refractivity (Wildman–Crippen MR) is 264 cm³/mol. The molecule has 3 aromatic heterocycles. The number of benzene rings is 7. The number of fused-ring (bicyclic) bond motifs is 4. The fourth-order valence-corrected chi connectivity index (χ4v) is 9.15. The van der Waals surface area contributed by atoms with Crippen molar-refractivity contribution in [2.45, 2.75) is 71.6 Å². The van der Waals surface area contributed by atoms with Gasteiger partial charge in [-0.2, -0.15) is 0 Å². The van der Waals surface area contributed by atoms with Crippen LogP contribution in [0.25, 0.3) is 83.6 Å². The molecule has 0 atom stereocenters. The molecule has 0 amide bonds. The molecule has 0 fully saturated rings. The van der Waals surface area contributed by atoms with Crippen LogP contribution < -0.4 is 0 Å². The molecule has 0 unspecified atom stereocenters. The average Bonchev–Trinajstić information content (AvgIpc) is 3.88. The van der Waals surface area contributed by atoms with E-state index in [4.69, 9.17) is 14.4 Å². The largest absolute Gasteiger partial charge is 0.507 e. The van der Waals surface area contributed by atoms with E-state index in [0.717, 1.165) is 88.9 Å². The minimum Gasteiger partial charge on any atom is -0.507 e. The molecule has 3 heterocycles. The number of nitrogens with zero attached hydrogens (tertiary/aromatic N) is 3. The van der Waals surface area contributed by atoms with Gasteiger partial charge in [-0.1, -0.05) is 182 Å². The Morgan fingerprint density at radius 1 is 0.569 bits per heavy atom. The Bertz CT molecular complexity index is 3390. The Morgan fingerprint density at radius 3 is 1.97 bits per heavy atom. The van der Waals surface area contributed by atoms with Gasteiger partial charge in [-0.25, -0.2) is 4.98 Å². The summed E-state index contributed by atoms with van der Waals surface area (Å²) in [4.78, 5) is 10.7. The van der Waals surface area contributed by atoms with E-state index in [1.165, 1.54) is 5.56 Å². The van der Waals surface area contributed by atoms with Crippen LogP contribution in [0.2, 0.25) is 0 Å². The van der Waals surface area contributed by atoms with Crippen LogP contribution >= 0.6 is 0 Å². The molecule has 0 spiro atoms. The first-order valence-electron chi connectivity index (χ1n) is 22.1. The van der Waals surface area contributed by atoms with Crippen LogP contribution in [0.3, 0.4) is 0 Å². The molecular formula is C59H52N3O2Pt-. The average molecular weight is 1030 g/mol. The van der Waals surface area contributed by atoms with Crippen LogP contribution in [0, 0.1) is 6.07 Å². The predicted octanol–water partition coefficient (Wildman–Crippen LogP) is 15.4. The maximum absolute atomic E-state index is 12.5. The SMILES string of the molecule is CC(C)(C)c1cc(-c2nc3c(-c4[c-]c(-c5nccc6c5oc5ccccc56)cc(C(C)(C)c5ccccc5)c4)cccc3n2-c2ccccc2-c2ccccc2)c(O)c(C(C)(C)C)c1.[Pt]. The quantitative estimate of drug-likeness (QED) is 0.162. The van der Waals surface area contributed by atoms with Crippen molar-refractivity contribution < 1.29 is 30.6 Å². The van der Waals surface area contributed by atoms with E-state index in [9.17, 15) is 5.11 Å². The van der Waals surface area contributed by atoms with Gasteiger partial charge in [0.15, 0.2) is 0 Å². The number of phenols is 1. The van der Waals surface area contributed by atoms with Crippen LogP contribution in [0.5, 0.6) is 5.75 Å². The molecule has 326 valence electrons. The van der Waals surface area contributed by atoms with E-state index >= 15 is 0 Å².